The predicted molar refractivity (Wildman–Crippen MR) is 148 cm³/mol. The Morgan fingerprint density at radius 3 is 0.594 bits per heavy atom. The van der Waals surface area contributed by atoms with Crippen molar-refractivity contribution in [3.8, 4) is 0 Å². The molecular weight excluding hydrogens is 525 g/mol. The van der Waals surface area contributed by atoms with Gasteiger partial charge >= 0.3 is 59.9 Å². The topological polar surface area (TPSA) is 64.6 Å². The molecule has 192 valence electrons. The summed E-state index contributed by atoms with van der Waals surface area (Å²) < 4.78 is 43.9. The number of rotatable bonds is 4. The van der Waals surface area contributed by atoms with Crippen LogP contribution in [-0.4, -0.2) is 59.9 Å². The summed E-state index contributed by atoms with van der Waals surface area (Å²) in [6.45, 7) is 30.0. The second kappa shape index (κ2) is 10.7. The van der Waals surface area contributed by atoms with Crippen molar-refractivity contribution < 1.29 is 28.8 Å². The monoisotopic (exact) mass is 574 g/mol. The Morgan fingerprint density at radius 2 is 0.469 bits per heavy atom. The molecule has 0 amide bonds. The van der Waals surface area contributed by atoms with Crippen molar-refractivity contribution in [2.45, 2.75) is 117 Å². The molecule has 0 N–H and O–H groups in total. The highest BCUT2D eigenvalue weighted by Gasteiger charge is 2.55. The highest BCUT2D eigenvalue weighted by molar-refractivity contribution is 6.94. The standard InChI is InChI=1S/C12H32O4Si4.C6H18O3Si3/c1-9-17(5)13-18(6,10-2)15-20(8,12-4)16-19(7,11-3)14-17;1-10(2)7-11(3,4)9-12(5,6)8-10/h9-12H2,1-8H3;1-6H3. The van der Waals surface area contributed by atoms with Crippen LogP contribution in [0, 0.1) is 0 Å². The van der Waals surface area contributed by atoms with E-state index in [9.17, 15) is 0 Å². The van der Waals surface area contributed by atoms with Crippen LogP contribution in [0.5, 0.6) is 0 Å². The van der Waals surface area contributed by atoms with Gasteiger partial charge in [0.2, 0.25) is 0 Å². The molecule has 0 radical (unpaired) electrons. The van der Waals surface area contributed by atoms with Gasteiger partial charge in [0.1, 0.15) is 0 Å². The zero-order chi connectivity index (χ0) is 25.3. The van der Waals surface area contributed by atoms with E-state index in [1.165, 1.54) is 0 Å². The minimum absolute atomic E-state index is 0.954. The van der Waals surface area contributed by atoms with Crippen molar-refractivity contribution in [2.75, 3.05) is 0 Å². The van der Waals surface area contributed by atoms with Crippen LogP contribution < -0.4 is 0 Å². The molecule has 0 aliphatic carbocycles. The fraction of sp³-hybridized carbons (Fsp3) is 1.00. The van der Waals surface area contributed by atoms with Gasteiger partial charge in [-0.2, -0.15) is 0 Å². The lowest BCUT2D eigenvalue weighted by atomic mass is 11.0. The van der Waals surface area contributed by atoms with Crippen molar-refractivity contribution in [2.24, 2.45) is 0 Å². The Balaban J connectivity index is 0.000000363. The van der Waals surface area contributed by atoms with Gasteiger partial charge in [0.25, 0.3) is 0 Å². The zero-order valence-electron chi connectivity index (χ0n) is 23.2. The van der Waals surface area contributed by atoms with Crippen LogP contribution in [0.1, 0.15) is 27.7 Å². The quantitative estimate of drug-likeness (QED) is 0.351. The Kier molecular flexibility index (Phi) is 10.4. The first-order valence-electron chi connectivity index (χ1n) is 12.1. The summed E-state index contributed by atoms with van der Waals surface area (Å²) in [4.78, 5) is 0. The van der Waals surface area contributed by atoms with Crippen LogP contribution in [0.25, 0.3) is 0 Å². The summed E-state index contributed by atoms with van der Waals surface area (Å²) in [5.74, 6) is 0. The Morgan fingerprint density at radius 1 is 0.312 bits per heavy atom. The van der Waals surface area contributed by atoms with E-state index in [-0.39, 0.29) is 0 Å². The van der Waals surface area contributed by atoms with Crippen LogP contribution in [0.4, 0.5) is 0 Å². The Hall–Kier alpha value is 1.24. The molecule has 7 nitrogen and oxygen atoms in total. The number of hydrogen-bond acceptors (Lipinski definition) is 7. The molecule has 2 rings (SSSR count). The van der Waals surface area contributed by atoms with Crippen LogP contribution >= 0.6 is 0 Å². The molecule has 2 aliphatic heterocycles. The predicted octanol–water partition coefficient (Wildman–Crippen LogP) is 6.59. The zero-order valence-corrected chi connectivity index (χ0v) is 30.2. The van der Waals surface area contributed by atoms with Gasteiger partial charge in [-0.3, -0.25) is 0 Å². The van der Waals surface area contributed by atoms with Gasteiger partial charge in [0, 0.05) is 0 Å². The van der Waals surface area contributed by atoms with Crippen LogP contribution in [0.15, 0.2) is 0 Å². The van der Waals surface area contributed by atoms with Gasteiger partial charge in [-0.05, 0) is 89.6 Å². The van der Waals surface area contributed by atoms with Gasteiger partial charge in [-0.25, -0.2) is 0 Å². The molecule has 2 fully saturated rings. The maximum absolute atomic E-state index is 6.58. The highest BCUT2D eigenvalue weighted by atomic mass is 28.5. The summed E-state index contributed by atoms with van der Waals surface area (Å²) in [6, 6.07) is 3.81. The van der Waals surface area contributed by atoms with Crippen LogP contribution in [-0.2, 0) is 28.8 Å². The van der Waals surface area contributed by atoms with E-state index in [2.05, 4.69) is 93.2 Å². The summed E-state index contributed by atoms with van der Waals surface area (Å²) >= 11 is 0. The molecule has 0 saturated carbocycles. The third-order valence-corrected chi connectivity index (χ3v) is 36.5. The van der Waals surface area contributed by atoms with Gasteiger partial charge in [-0.1, -0.05) is 27.7 Å². The maximum Gasteiger partial charge on any atom is 0.317 e. The molecule has 0 aromatic rings. The molecule has 0 spiro atoms. The van der Waals surface area contributed by atoms with E-state index in [0.29, 0.717) is 0 Å². The van der Waals surface area contributed by atoms with E-state index >= 15 is 0 Å². The first-order valence-corrected chi connectivity index (χ1v) is 30.6. The van der Waals surface area contributed by atoms with E-state index in [4.69, 9.17) is 28.8 Å². The summed E-state index contributed by atoms with van der Waals surface area (Å²) in [6.07, 6.45) is 0. The van der Waals surface area contributed by atoms with E-state index in [0.717, 1.165) is 24.2 Å². The molecular formula is C18H50O7Si7. The Labute approximate surface area is 205 Å². The molecule has 0 atom stereocenters. The molecule has 14 heteroatoms. The summed E-state index contributed by atoms with van der Waals surface area (Å²) in [5.41, 5.74) is 0. The lowest BCUT2D eigenvalue weighted by Gasteiger charge is -2.49. The van der Waals surface area contributed by atoms with Gasteiger partial charge in [0.05, 0.1) is 0 Å². The van der Waals surface area contributed by atoms with Crippen molar-refractivity contribution in [3.63, 3.8) is 0 Å². The Bertz CT molecular complexity index is 516. The first-order chi connectivity index (χ1) is 14.2. The van der Waals surface area contributed by atoms with E-state index < -0.39 is 59.9 Å². The van der Waals surface area contributed by atoms with Crippen LogP contribution in [0.3, 0.4) is 0 Å². The first kappa shape index (κ1) is 31.3. The van der Waals surface area contributed by atoms with Crippen LogP contribution in [0.2, 0.25) is 89.6 Å². The molecule has 2 saturated heterocycles. The minimum Gasteiger partial charge on any atom is -0.416 e. The fourth-order valence-electron chi connectivity index (χ4n) is 4.33. The number of hydrogen-bond donors (Lipinski definition) is 0. The average molecular weight is 575 g/mol. The van der Waals surface area contributed by atoms with E-state index in [1.54, 1.807) is 0 Å². The molecule has 2 aliphatic rings. The smallest absolute Gasteiger partial charge is 0.317 e. The largest absolute Gasteiger partial charge is 0.416 e. The fourth-order valence-corrected chi connectivity index (χ4v) is 41.6. The van der Waals surface area contributed by atoms with Crippen molar-refractivity contribution in [1.82, 2.24) is 0 Å². The SMILES string of the molecule is CC[Si]1(C)O[Si](C)(CC)O[Si](C)(CC)O[Si](C)(CC)O1.C[Si]1(C)O[Si](C)(C)O[Si](C)(C)O1. The summed E-state index contributed by atoms with van der Waals surface area (Å²) in [5, 5.41) is 0. The molecule has 0 aromatic carbocycles. The van der Waals surface area contributed by atoms with Crippen molar-refractivity contribution in [3.05, 3.63) is 0 Å². The van der Waals surface area contributed by atoms with Gasteiger partial charge < -0.3 is 28.8 Å². The summed E-state index contributed by atoms with van der Waals surface area (Å²) in [7, 11) is -14.3. The highest BCUT2D eigenvalue weighted by Crippen LogP contribution is 2.36. The van der Waals surface area contributed by atoms with Crippen molar-refractivity contribution in [1.29, 1.82) is 0 Å². The average Bonchev–Trinajstić information content (AvgIpc) is 2.56. The van der Waals surface area contributed by atoms with E-state index in [1.807, 2.05) is 0 Å². The molecule has 0 aromatic heterocycles. The lowest BCUT2D eigenvalue weighted by molar-refractivity contribution is 0.225. The normalized spacial score (nSPS) is 41.1. The second-order valence-electron chi connectivity index (χ2n) is 10.9. The lowest BCUT2D eigenvalue weighted by Crippen LogP contribution is -2.66. The third-order valence-electron chi connectivity index (χ3n) is 5.77. The molecule has 0 bridgehead atoms. The second-order valence-corrected chi connectivity index (χ2v) is 36.9. The van der Waals surface area contributed by atoms with Crippen molar-refractivity contribution >= 4 is 59.9 Å². The minimum atomic E-state index is -2.19. The molecule has 32 heavy (non-hydrogen) atoms. The molecule has 2 heterocycles. The van der Waals surface area contributed by atoms with Gasteiger partial charge in [-0.15, -0.1) is 0 Å². The van der Waals surface area contributed by atoms with Gasteiger partial charge in [0.15, 0.2) is 0 Å². The third kappa shape index (κ3) is 9.36. The maximum atomic E-state index is 6.58. The molecule has 0 unspecified atom stereocenters.